The van der Waals surface area contributed by atoms with Crippen LogP contribution in [0.4, 0.5) is 23.5 Å². The van der Waals surface area contributed by atoms with E-state index >= 15 is 0 Å². The summed E-state index contributed by atoms with van der Waals surface area (Å²) < 4.78 is 0.775. The highest BCUT2D eigenvalue weighted by atomic mass is 79.9. The number of halogens is 1. The van der Waals surface area contributed by atoms with Gasteiger partial charge in [-0.1, -0.05) is 25.0 Å². The van der Waals surface area contributed by atoms with Crippen LogP contribution in [0.25, 0.3) is 11.3 Å². The fourth-order valence-electron chi connectivity index (χ4n) is 4.58. The Hall–Kier alpha value is -3.88. The first-order chi connectivity index (χ1) is 19.3. The van der Waals surface area contributed by atoms with Gasteiger partial charge in [-0.2, -0.15) is 0 Å². The van der Waals surface area contributed by atoms with Gasteiger partial charge in [0.05, 0.1) is 5.69 Å². The van der Waals surface area contributed by atoms with Gasteiger partial charge >= 0.3 is 0 Å². The summed E-state index contributed by atoms with van der Waals surface area (Å²) in [5.41, 5.74) is 13.3. The smallest absolute Gasteiger partial charge is 0.225 e. The third-order valence-electron chi connectivity index (χ3n) is 6.72. The number of hydrogen-bond acceptors (Lipinski definition) is 10. The quantitative estimate of drug-likeness (QED) is 0.245. The van der Waals surface area contributed by atoms with Crippen LogP contribution in [0, 0.1) is 0 Å². The molecule has 6 rings (SSSR count). The molecule has 230 valence electrons. The van der Waals surface area contributed by atoms with Gasteiger partial charge in [0, 0.05) is 55.5 Å². The average molecular weight is 653 g/mol. The molecule has 2 radical (unpaired) electrons. The lowest BCUT2D eigenvalue weighted by Crippen LogP contribution is -2.28. The fourth-order valence-corrected chi connectivity index (χ4v) is 4.94. The molecule has 2 aliphatic heterocycles. The van der Waals surface area contributed by atoms with E-state index in [0.717, 1.165) is 40.8 Å². The van der Waals surface area contributed by atoms with E-state index in [0.29, 0.717) is 29.2 Å². The Morgan fingerprint density at radius 1 is 0.744 bits per heavy atom. The van der Waals surface area contributed by atoms with Crippen molar-refractivity contribution in [3.05, 3.63) is 65.8 Å². The van der Waals surface area contributed by atoms with Gasteiger partial charge in [0.15, 0.2) is 0 Å². The number of nitrogens with zero attached hydrogens (tertiary/aromatic N) is 8. The first kappa shape index (κ1) is 37.2. The number of anilines is 4. The van der Waals surface area contributed by atoms with Crippen LogP contribution in [0.3, 0.4) is 0 Å². The normalized spacial score (nSPS) is 16.7. The molecule has 0 aliphatic carbocycles. The van der Waals surface area contributed by atoms with Crippen molar-refractivity contribution in [2.45, 2.75) is 59.0 Å². The molecule has 4 aromatic heterocycles. The maximum absolute atomic E-state index is 5.68. The second-order valence-corrected chi connectivity index (χ2v) is 10.6. The van der Waals surface area contributed by atoms with E-state index in [-0.39, 0.29) is 18.4 Å². The molecule has 0 saturated carbocycles. The van der Waals surface area contributed by atoms with Gasteiger partial charge in [-0.3, -0.25) is 0 Å². The number of nitrogens with two attached hydrogens (primary N) is 2. The predicted octanol–water partition coefficient (Wildman–Crippen LogP) is 2.78. The molecule has 4 aromatic rings. The minimum atomic E-state index is 0. The van der Waals surface area contributed by atoms with Gasteiger partial charge in [-0.25, -0.2) is 29.9 Å². The first-order valence-electron chi connectivity index (χ1n) is 13.3. The lowest BCUT2D eigenvalue weighted by atomic mass is 10.0. The average Bonchev–Trinajstić information content (AvgIpc) is 3.58. The molecule has 0 unspecified atom stereocenters. The molecule has 0 aromatic carbocycles. The second-order valence-electron chi connectivity index (χ2n) is 9.79. The molecule has 6 heterocycles. The van der Waals surface area contributed by atoms with Crippen molar-refractivity contribution in [3.63, 3.8) is 0 Å². The zero-order valence-electron chi connectivity index (χ0n) is 23.9. The third-order valence-corrected chi connectivity index (χ3v) is 7.16. The summed E-state index contributed by atoms with van der Waals surface area (Å²) in [7, 11) is 5.52. The standard InChI is InChI=1S/C14H17N5.C9H12BN3.C5H5BrN2.CH4.2H2O/c1-10-4-3-7-19(10)14-16-8-11(9-17-14)12-5-2-6-13(15)18-12;1-7-3-2-4-13(7)9-11-5-8(10)6-12-9;6-4-2-1-3-5(7)8-4;;;/h2,5-6,8-10H,3-4,7H2,1H3,(H2,15,18);5-7H,2-4H2,1H3;1-3H,(H2,7,8);1H4;2*1H2/t10-;7-;;;;/m11..../s1. The number of rotatable bonds is 3. The lowest BCUT2D eigenvalue weighted by molar-refractivity contribution is 0.717. The maximum Gasteiger partial charge on any atom is 0.225 e. The van der Waals surface area contributed by atoms with Crippen molar-refractivity contribution in [3.8, 4) is 11.3 Å². The van der Waals surface area contributed by atoms with Gasteiger partial charge in [0.1, 0.15) is 24.1 Å². The minimum Gasteiger partial charge on any atom is -0.412 e. The molecular weight excluding hydrogens is 611 g/mol. The van der Waals surface area contributed by atoms with Crippen molar-refractivity contribution in [1.82, 2.24) is 29.9 Å². The first-order valence-corrected chi connectivity index (χ1v) is 14.1. The van der Waals surface area contributed by atoms with Crippen LogP contribution in [0.15, 0.2) is 65.8 Å². The van der Waals surface area contributed by atoms with Crippen molar-refractivity contribution in [2.75, 3.05) is 34.4 Å². The summed E-state index contributed by atoms with van der Waals surface area (Å²) >= 11 is 3.17. The summed E-state index contributed by atoms with van der Waals surface area (Å²) in [4.78, 5) is 29.9. The van der Waals surface area contributed by atoms with Crippen LogP contribution in [0.1, 0.15) is 47.0 Å². The van der Waals surface area contributed by atoms with Gasteiger partial charge in [-0.15, -0.1) is 0 Å². The van der Waals surface area contributed by atoms with Crippen LogP contribution in [0.2, 0.25) is 0 Å². The Balaban J connectivity index is 0.000000338. The summed E-state index contributed by atoms with van der Waals surface area (Å²) in [6.45, 7) is 6.51. The van der Waals surface area contributed by atoms with E-state index in [1.54, 1.807) is 24.5 Å². The summed E-state index contributed by atoms with van der Waals surface area (Å²) in [5.74, 6) is 2.66. The third kappa shape index (κ3) is 10.7. The van der Waals surface area contributed by atoms with Crippen LogP contribution in [-0.4, -0.2) is 73.9 Å². The molecule has 2 fully saturated rings. The highest BCUT2D eigenvalue weighted by Gasteiger charge is 2.23. The van der Waals surface area contributed by atoms with Crippen LogP contribution >= 0.6 is 15.9 Å². The molecule has 2 atom stereocenters. The van der Waals surface area contributed by atoms with Gasteiger partial charge < -0.3 is 32.2 Å². The molecule has 2 saturated heterocycles. The molecule has 0 bridgehead atoms. The van der Waals surface area contributed by atoms with Crippen molar-refractivity contribution < 1.29 is 11.0 Å². The summed E-state index contributed by atoms with van der Waals surface area (Å²) in [5, 5.41) is 0. The van der Waals surface area contributed by atoms with Crippen LogP contribution in [0.5, 0.6) is 0 Å². The largest absolute Gasteiger partial charge is 0.412 e. The Morgan fingerprint density at radius 3 is 1.60 bits per heavy atom. The van der Waals surface area contributed by atoms with Gasteiger partial charge in [0.25, 0.3) is 0 Å². The molecule has 0 spiro atoms. The zero-order chi connectivity index (χ0) is 28.5. The Morgan fingerprint density at radius 2 is 1.21 bits per heavy atom. The van der Waals surface area contributed by atoms with Crippen molar-refractivity contribution in [2.24, 2.45) is 0 Å². The van der Waals surface area contributed by atoms with Gasteiger partial charge in [0.2, 0.25) is 11.9 Å². The maximum atomic E-state index is 5.68. The molecule has 14 heteroatoms. The highest BCUT2D eigenvalue weighted by molar-refractivity contribution is 9.10. The minimum absolute atomic E-state index is 0. The number of hydrogen-bond donors (Lipinski definition) is 2. The number of nitrogen functional groups attached to an aromatic ring is 2. The topological polar surface area (TPSA) is 199 Å². The van der Waals surface area contributed by atoms with Crippen molar-refractivity contribution in [1.29, 1.82) is 0 Å². The van der Waals surface area contributed by atoms with Crippen LogP contribution in [-0.2, 0) is 0 Å². The summed E-state index contributed by atoms with van der Waals surface area (Å²) in [6, 6.07) is 12.1. The Kier molecular flexibility index (Phi) is 15.5. The molecule has 0 amide bonds. The van der Waals surface area contributed by atoms with Crippen LogP contribution < -0.4 is 26.7 Å². The fraction of sp³-hybridized carbons (Fsp3) is 0.379. The Bertz CT molecular complexity index is 1350. The SMILES string of the molecule is C.C[C@@H]1CCCN1c1ncc(-c2cccc(N)n2)cn1.Nc1cccc(Br)n1.O.O.[B]c1cnc(N2CCC[C@H]2C)nc1. The van der Waals surface area contributed by atoms with Crippen molar-refractivity contribution >= 4 is 52.8 Å². The predicted molar refractivity (Wildman–Crippen MR) is 179 cm³/mol. The van der Waals surface area contributed by atoms with E-state index in [2.05, 4.69) is 69.5 Å². The van der Waals surface area contributed by atoms with E-state index < -0.39 is 0 Å². The Labute approximate surface area is 263 Å². The highest BCUT2D eigenvalue weighted by Crippen LogP contribution is 2.23. The number of pyridine rings is 2. The van der Waals surface area contributed by atoms with E-state index in [4.69, 9.17) is 19.3 Å². The van der Waals surface area contributed by atoms with Gasteiger partial charge in [-0.05, 0) is 79.7 Å². The van der Waals surface area contributed by atoms with E-state index in [1.807, 2.05) is 36.7 Å². The lowest BCUT2D eigenvalue weighted by Gasteiger charge is -2.20. The molecule has 43 heavy (non-hydrogen) atoms. The monoisotopic (exact) mass is 652 g/mol. The summed E-state index contributed by atoms with van der Waals surface area (Å²) in [6.07, 6.45) is 11.8. The zero-order valence-corrected chi connectivity index (χ0v) is 25.4. The molecule has 12 nitrogen and oxygen atoms in total. The molecule has 2 aliphatic rings. The molecule has 8 N–H and O–H groups in total. The second kappa shape index (κ2) is 17.9. The van der Waals surface area contributed by atoms with E-state index in [1.165, 1.54) is 25.7 Å². The van der Waals surface area contributed by atoms with E-state index in [9.17, 15) is 0 Å². The molecular formula is C29H42BBrN10O2. The number of aromatic nitrogens is 6.